The molecule has 1 atom stereocenters. The number of aromatic nitrogens is 2. The predicted octanol–water partition coefficient (Wildman–Crippen LogP) is 2.96. The lowest BCUT2D eigenvalue weighted by atomic mass is 9.80. The van der Waals surface area contributed by atoms with E-state index in [4.69, 9.17) is 16.1 Å². The zero-order valence-electron chi connectivity index (χ0n) is 20.9. The number of fused-ring (bicyclic) bond motifs is 1. The molecule has 1 saturated heterocycles. The monoisotopic (exact) mass is 491 g/mol. The summed E-state index contributed by atoms with van der Waals surface area (Å²) >= 11 is 0. The molecule has 2 heterocycles. The second-order valence-corrected chi connectivity index (χ2v) is 9.61. The topological polar surface area (TPSA) is 141 Å². The number of carbonyl (C=O) groups excluding carboxylic acids is 1. The molecule has 1 aromatic heterocycles. The fourth-order valence-corrected chi connectivity index (χ4v) is 4.79. The number of aryl methyl sites for hydroxylation is 1. The molecule has 1 fully saturated rings. The lowest BCUT2D eigenvalue weighted by Gasteiger charge is -2.35. The van der Waals surface area contributed by atoms with Gasteiger partial charge in [-0.25, -0.2) is 9.78 Å². The van der Waals surface area contributed by atoms with Gasteiger partial charge in [0.15, 0.2) is 0 Å². The molecule has 10 heteroatoms. The number of carbonyl (C=O) groups is 2. The summed E-state index contributed by atoms with van der Waals surface area (Å²) in [7, 11) is 3.43. The zero-order valence-corrected chi connectivity index (χ0v) is 20.9. The van der Waals surface area contributed by atoms with Crippen LogP contribution in [0.5, 0.6) is 0 Å². The molecule has 0 aliphatic carbocycles. The Morgan fingerprint density at radius 1 is 1.19 bits per heavy atom. The molecular formula is C26H33N7O3. The van der Waals surface area contributed by atoms with Crippen molar-refractivity contribution in [1.29, 1.82) is 5.41 Å². The van der Waals surface area contributed by atoms with Crippen molar-refractivity contribution in [3.05, 3.63) is 59.4 Å². The molecule has 1 aliphatic heterocycles. The Morgan fingerprint density at radius 2 is 1.86 bits per heavy atom. The van der Waals surface area contributed by atoms with E-state index < -0.39 is 11.5 Å². The van der Waals surface area contributed by atoms with Gasteiger partial charge in [0.05, 0.1) is 23.0 Å². The number of carboxylic acid groups (broad SMARTS) is 1. The van der Waals surface area contributed by atoms with Gasteiger partial charge in [0.1, 0.15) is 11.7 Å². The highest BCUT2D eigenvalue weighted by atomic mass is 16.4. The summed E-state index contributed by atoms with van der Waals surface area (Å²) in [6.07, 6.45) is 0.854. The Bertz CT molecular complexity index is 1290. The van der Waals surface area contributed by atoms with Gasteiger partial charge in [-0.15, -0.1) is 0 Å². The number of benzene rings is 2. The third kappa shape index (κ3) is 4.84. The van der Waals surface area contributed by atoms with Gasteiger partial charge in [0.25, 0.3) is 0 Å². The van der Waals surface area contributed by atoms with Gasteiger partial charge >= 0.3 is 6.09 Å². The number of likely N-dealkylation sites (tertiary alicyclic amines) is 1. The SMILES string of the molecule is CN(CC(C)(C(=O)N1CCCC1)c1ccc2c(c1)nc(CNc1ccc(C(=N)N)cc1)n2C)C(=O)O. The Morgan fingerprint density at radius 3 is 2.47 bits per heavy atom. The molecule has 0 saturated carbocycles. The summed E-state index contributed by atoms with van der Waals surface area (Å²) in [6, 6.07) is 13.1. The molecular weight excluding hydrogens is 458 g/mol. The molecule has 10 nitrogen and oxygen atoms in total. The van der Waals surface area contributed by atoms with Crippen LogP contribution in [-0.2, 0) is 23.8 Å². The number of rotatable bonds is 8. The van der Waals surface area contributed by atoms with Crippen LogP contribution < -0.4 is 11.1 Å². The van der Waals surface area contributed by atoms with E-state index >= 15 is 0 Å². The number of anilines is 1. The molecule has 36 heavy (non-hydrogen) atoms. The molecule has 4 rings (SSSR count). The Labute approximate surface area is 210 Å². The van der Waals surface area contributed by atoms with E-state index in [2.05, 4.69) is 5.32 Å². The lowest BCUT2D eigenvalue weighted by molar-refractivity contribution is -0.136. The lowest BCUT2D eigenvalue weighted by Crippen LogP contribution is -2.50. The van der Waals surface area contributed by atoms with Crippen LogP contribution in [0.15, 0.2) is 42.5 Å². The average molecular weight is 492 g/mol. The Balaban J connectivity index is 1.62. The third-order valence-corrected chi connectivity index (χ3v) is 7.00. The smallest absolute Gasteiger partial charge is 0.407 e. The summed E-state index contributed by atoms with van der Waals surface area (Å²) in [5, 5.41) is 20.4. The van der Waals surface area contributed by atoms with Crippen molar-refractivity contribution in [2.24, 2.45) is 12.8 Å². The Hall–Kier alpha value is -4.08. The molecule has 1 aliphatic rings. The van der Waals surface area contributed by atoms with Gasteiger partial charge in [-0.2, -0.15) is 0 Å². The third-order valence-electron chi connectivity index (χ3n) is 7.00. The van der Waals surface area contributed by atoms with Gasteiger partial charge in [0, 0.05) is 45.0 Å². The quantitative estimate of drug-likeness (QED) is 0.282. The number of nitrogens with zero attached hydrogens (tertiary/aromatic N) is 4. The first-order valence-electron chi connectivity index (χ1n) is 12.0. The highest BCUT2D eigenvalue weighted by molar-refractivity contribution is 5.95. The minimum atomic E-state index is -1.07. The molecule has 0 spiro atoms. The van der Waals surface area contributed by atoms with E-state index in [1.807, 2.05) is 53.8 Å². The van der Waals surface area contributed by atoms with Crippen molar-refractivity contribution in [2.45, 2.75) is 31.7 Å². The predicted molar refractivity (Wildman–Crippen MR) is 139 cm³/mol. The van der Waals surface area contributed by atoms with E-state index in [-0.39, 0.29) is 18.3 Å². The number of amides is 2. The maximum Gasteiger partial charge on any atom is 0.407 e. The molecule has 0 bridgehead atoms. The first-order valence-corrected chi connectivity index (χ1v) is 12.0. The van der Waals surface area contributed by atoms with E-state index in [1.165, 1.54) is 11.9 Å². The number of imidazole rings is 1. The van der Waals surface area contributed by atoms with Crippen LogP contribution in [-0.4, -0.2) is 69.0 Å². The highest BCUT2D eigenvalue weighted by Crippen LogP contribution is 2.31. The van der Waals surface area contributed by atoms with Crippen LogP contribution in [0.3, 0.4) is 0 Å². The molecule has 3 aromatic rings. The van der Waals surface area contributed by atoms with Gasteiger partial charge in [-0.1, -0.05) is 6.07 Å². The first kappa shape index (κ1) is 25.0. The number of nitrogens with one attached hydrogen (secondary N) is 2. The number of amidine groups is 1. The van der Waals surface area contributed by atoms with Gasteiger partial charge in [-0.3, -0.25) is 10.2 Å². The Kier molecular flexibility index (Phi) is 6.87. The number of nitrogens with two attached hydrogens (primary N) is 1. The van der Waals surface area contributed by atoms with E-state index in [0.717, 1.165) is 41.0 Å². The van der Waals surface area contributed by atoms with Crippen LogP contribution in [0, 0.1) is 5.41 Å². The average Bonchev–Trinajstić information content (AvgIpc) is 3.50. The van der Waals surface area contributed by atoms with Crippen LogP contribution in [0.2, 0.25) is 0 Å². The second kappa shape index (κ2) is 9.88. The van der Waals surface area contributed by atoms with Crippen LogP contribution >= 0.6 is 0 Å². The van der Waals surface area contributed by atoms with Crippen molar-refractivity contribution >= 4 is 34.6 Å². The summed E-state index contributed by atoms with van der Waals surface area (Å²) in [5.74, 6) is 0.782. The fraction of sp³-hybridized carbons (Fsp3) is 0.385. The van der Waals surface area contributed by atoms with E-state index in [9.17, 15) is 14.7 Å². The highest BCUT2D eigenvalue weighted by Gasteiger charge is 2.41. The minimum absolute atomic E-state index is 0.0254. The number of hydrogen-bond acceptors (Lipinski definition) is 5. The number of hydrogen-bond donors (Lipinski definition) is 4. The molecule has 2 aromatic carbocycles. The normalized spacial score (nSPS) is 15.0. The molecule has 1 unspecified atom stereocenters. The van der Waals surface area contributed by atoms with Crippen LogP contribution in [0.1, 0.15) is 36.7 Å². The standard InChI is InChI=1S/C26H33N7O3/c1-26(16-31(2)25(35)36,24(34)33-12-4-5-13-33)18-8-11-21-20(14-18)30-22(32(21)3)15-29-19-9-6-17(7-10-19)23(27)28/h6-11,14,29H,4-5,12-13,15-16H2,1-3H3,(H3,27,28)(H,35,36). The van der Waals surface area contributed by atoms with Crippen molar-refractivity contribution < 1.29 is 14.7 Å². The number of likely N-dealkylation sites (N-methyl/N-ethyl adjacent to an activating group) is 1. The first-order chi connectivity index (χ1) is 17.1. The maximum atomic E-state index is 13.6. The molecule has 5 N–H and O–H groups in total. The summed E-state index contributed by atoms with van der Waals surface area (Å²) in [4.78, 5) is 33.0. The van der Waals surface area contributed by atoms with Crippen LogP contribution in [0.25, 0.3) is 11.0 Å². The molecule has 2 amide bonds. The van der Waals surface area contributed by atoms with E-state index in [0.29, 0.717) is 25.2 Å². The molecule has 0 radical (unpaired) electrons. The summed E-state index contributed by atoms with van der Waals surface area (Å²) < 4.78 is 2.00. The van der Waals surface area contributed by atoms with Crippen molar-refractivity contribution in [1.82, 2.24) is 19.4 Å². The van der Waals surface area contributed by atoms with Gasteiger partial charge in [0.2, 0.25) is 5.91 Å². The molecule has 190 valence electrons. The largest absolute Gasteiger partial charge is 0.465 e. The fourth-order valence-electron chi connectivity index (χ4n) is 4.79. The van der Waals surface area contributed by atoms with Crippen molar-refractivity contribution in [3.8, 4) is 0 Å². The summed E-state index contributed by atoms with van der Waals surface area (Å²) in [5.41, 5.74) is 8.46. The zero-order chi connectivity index (χ0) is 26.0. The maximum absolute atomic E-state index is 13.6. The van der Waals surface area contributed by atoms with E-state index in [1.54, 1.807) is 12.1 Å². The van der Waals surface area contributed by atoms with Crippen LogP contribution in [0.4, 0.5) is 10.5 Å². The van der Waals surface area contributed by atoms with Crippen molar-refractivity contribution in [3.63, 3.8) is 0 Å². The van der Waals surface area contributed by atoms with Crippen molar-refractivity contribution in [2.75, 3.05) is 32.0 Å². The van der Waals surface area contributed by atoms with Gasteiger partial charge in [-0.05, 0) is 61.7 Å². The second-order valence-electron chi connectivity index (χ2n) is 9.61. The minimum Gasteiger partial charge on any atom is -0.465 e. The summed E-state index contributed by atoms with van der Waals surface area (Å²) in [6.45, 7) is 3.75. The van der Waals surface area contributed by atoms with Gasteiger partial charge < -0.3 is 30.5 Å². The number of nitrogen functional groups attached to an aromatic ring is 1.